The second-order valence-electron chi connectivity index (χ2n) is 6.85. The highest BCUT2D eigenvalue weighted by Crippen LogP contribution is 2.30. The van der Waals surface area contributed by atoms with Gasteiger partial charge in [-0.05, 0) is 58.9 Å². The maximum Gasteiger partial charge on any atom is 0.239 e. The van der Waals surface area contributed by atoms with E-state index >= 15 is 0 Å². The first-order valence-electron chi connectivity index (χ1n) is 8.53. The predicted octanol–water partition coefficient (Wildman–Crippen LogP) is 1.29. The lowest BCUT2D eigenvalue weighted by Gasteiger charge is -2.50. The van der Waals surface area contributed by atoms with E-state index in [1.54, 1.807) is 7.11 Å². The van der Waals surface area contributed by atoms with Gasteiger partial charge in [0.25, 0.3) is 0 Å². The third kappa shape index (κ3) is 7.75. The van der Waals surface area contributed by atoms with Crippen LogP contribution in [0.25, 0.3) is 0 Å². The summed E-state index contributed by atoms with van der Waals surface area (Å²) in [4.78, 5) is 17.1. The third-order valence-electron chi connectivity index (χ3n) is 5.22. The van der Waals surface area contributed by atoms with Gasteiger partial charge < -0.3 is 20.7 Å². The zero-order chi connectivity index (χ0) is 16.0. The van der Waals surface area contributed by atoms with Crippen LogP contribution in [0.15, 0.2) is 0 Å². The highest BCUT2D eigenvalue weighted by atomic mass is 35.5. The number of likely N-dealkylation sites (tertiary alicyclic amines) is 2. The summed E-state index contributed by atoms with van der Waals surface area (Å²) >= 11 is 0. The topological polar surface area (TPSA) is 70.8 Å². The fraction of sp³-hybridized carbons (Fsp3) is 0.938. The average molecular weight is 422 g/mol. The Morgan fingerprint density at radius 2 is 1.68 bits per heavy atom. The van der Waals surface area contributed by atoms with Crippen LogP contribution in [-0.2, 0) is 9.53 Å². The van der Waals surface area contributed by atoms with E-state index in [2.05, 4.69) is 22.2 Å². The Bertz CT molecular complexity index is 363. The maximum absolute atomic E-state index is 12.1. The molecule has 0 aromatic carbocycles. The van der Waals surface area contributed by atoms with Gasteiger partial charge in [-0.25, -0.2) is 0 Å². The van der Waals surface area contributed by atoms with Gasteiger partial charge in [-0.2, -0.15) is 0 Å². The molecule has 9 heteroatoms. The highest BCUT2D eigenvalue weighted by Gasteiger charge is 2.40. The molecule has 2 saturated heterocycles. The Kier molecular flexibility index (Phi) is 14.6. The number of methoxy groups -OCH3 is 1. The van der Waals surface area contributed by atoms with Crippen LogP contribution in [0, 0.1) is 0 Å². The maximum atomic E-state index is 12.1. The number of nitrogens with two attached hydrogens (primary N) is 1. The van der Waals surface area contributed by atoms with Crippen LogP contribution in [-0.4, -0.2) is 80.8 Å². The van der Waals surface area contributed by atoms with Crippen LogP contribution in [0.1, 0.15) is 32.1 Å². The lowest BCUT2D eigenvalue weighted by molar-refractivity contribution is -0.124. The van der Waals surface area contributed by atoms with Crippen LogP contribution < -0.4 is 11.1 Å². The molecule has 2 aliphatic rings. The standard InChI is InChI=1S/C16H32N4O2.3ClH/c1-19-10-6-16(7-11-19,20-8-4-3-5-9-20)13-18-15(21)14(17)12-22-2;;;/h14H,3-13,17H2,1-2H3,(H,18,21);3*1H. The van der Waals surface area contributed by atoms with Crippen LogP contribution in [0.5, 0.6) is 0 Å². The van der Waals surface area contributed by atoms with Gasteiger partial charge in [-0.3, -0.25) is 9.69 Å². The summed E-state index contributed by atoms with van der Waals surface area (Å²) in [6.45, 7) is 5.47. The van der Waals surface area contributed by atoms with Gasteiger partial charge in [-0.1, -0.05) is 6.42 Å². The van der Waals surface area contributed by atoms with Crippen molar-refractivity contribution in [2.24, 2.45) is 5.73 Å². The number of nitrogens with one attached hydrogen (secondary N) is 1. The fourth-order valence-corrected chi connectivity index (χ4v) is 3.65. The van der Waals surface area contributed by atoms with Crippen molar-refractivity contribution in [2.45, 2.75) is 43.7 Å². The SMILES string of the molecule is COCC(N)C(=O)NCC1(N2CCCCC2)CCN(C)CC1.Cl.Cl.Cl. The average Bonchev–Trinajstić information content (AvgIpc) is 2.55. The molecule has 0 aliphatic carbocycles. The molecule has 1 atom stereocenters. The molecule has 0 bridgehead atoms. The number of carbonyl (C=O) groups excluding carboxylic acids is 1. The first-order chi connectivity index (χ1) is 10.6. The van der Waals surface area contributed by atoms with E-state index in [1.807, 2.05) is 0 Å². The molecule has 3 N–H and O–H groups in total. The van der Waals surface area contributed by atoms with E-state index in [0.29, 0.717) is 6.54 Å². The number of carbonyl (C=O) groups is 1. The number of halogens is 3. The molecule has 25 heavy (non-hydrogen) atoms. The van der Waals surface area contributed by atoms with Crippen molar-refractivity contribution in [1.82, 2.24) is 15.1 Å². The van der Waals surface area contributed by atoms with Gasteiger partial charge in [0.2, 0.25) is 5.91 Å². The quantitative estimate of drug-likeness (QED) is 0.676. The summed E-state index contributed by atoms with van der Waals surface area (Å²) in [5, 5.41) is 3.09. The molecular formula is C16H35Cl3N4O2. The molecular weight excluding hydrogens is 387 g/mol. The molecule has 6 nitrogen and oxygen atoms in total. The van der Waals surface area contributed by atoms with E-state index in [9.17, 15) is 4.79 Å². The highest BCUT2D eigenvalue weighted by molar-refractivity contribution is 5.86. The molecule has 2 heterocycles. The monoisotopic (exact) mass is 420 g/mol. The lowest BCUT2D eigenvalue weighted by atomic mass is 9.84. The number of nitrogens with zero attached hydrogens (tertiary/aromatic N) is 2. The van der Waals surface area contributed by atoms with Crippen LogP contribution in [0.3, 0.4) is 0 Å². The van der Waals surface area contributed by atoms with Crippen molar-refractivity contribution in [2.75, 3.05) is 53.5 Å². The van der Waals surface area contributed by atoms with Gasteiger partial charge in [-0.15, -0.1) is 37.2 Å². The Balaban J connectivity index is 0. The summed E-state index contributed by atoms with van der Waals surface area (Å²) in [5.74, 6) is -0.0998. The Labute approximate surface area is 170 Å². The molecule has 1 amide bonds. The molecule has 0 radical (unpaired) electrons. The number of hydrogen-bond donors (Lipinski definition) is 2. The Hall–Kier alpha value is 0.180. The summed E-state index contributed by atoms with van der Waals surface area (Å²) in [6, 6.07) is -0.574. The molecule has 2 aliphatic heterocycles. The van der Waals surface area contributed by atoms with Crippen molar-refractivity contribution in [3.63, 3.8) is 0 Å². The molecule has 152 valence electrons. The number of ether oxygens (including phenoxy) is 1. The lowest BCUT2D eigenvalue weighted by Crippen LogP contribution is -2.62. The summed E-state index contributed by atoms with van der Waals surface area (Å²) < 4.78 is 4.97. The van der Waals surface area contributed by atoms with E-state index in [-0.39, 0.29) is 55.3 Å². The number of amides is 1. The van der Waals surface area contributed by atoms with E-state index in [1.165, 1.54) is 19.3 Å². The van der Waals surface area contributed by atoms with Crippen molar-refractivity contribution in [3.05, 3.63) is 0 Å². The molecule has 1 unspecified atom stereocenters. The smallest absolute Gasteiger partial charge is 0.239 e. The van der Waals surface area contributed by atoms with Crippen molar-refractivity contribution in [1.29, 1.82) is 0 Å². The first kappa shape index (κ1) is 27.4. The molecule has 0 saturated carbocycles. The van der Waals surface area contributed by atoms with Gasteiger partial charge in [0.15, 0.2) is 0 Å². The molecule has 2 rings (SSSR count). The molecule has 0 spiro atoms. The van der Waals surface area contributed by atoms with Crippen molar-refractivity contribution in [3.8, 4) is 0 Å². The van der Waals surface area contributed by atoms with Gasteiger partial charge in [0.1, 0.15) is 6.04 Å². The van der Waals surface area contributed by atoms with Crippen LogP contribution in [0.4, 0.5) is 0 Å². The first-order valence-corrected chi connectivity index (χ1v) is 8.53. The molecule has 2 fully saturated rings. The molecule has 0 aromatic heterocycles. The second-order valence-corrected chi connectivity index (χ2v) is 6.85. The summed E-state index contributed by atoms with van der Waals surface area (Å²) in [7, 11) is 3.74. The van der Waals surface area contributed by atoms with Gasteiger partial charge >= 0.3 is 0 Å². The Morgan fingerprint density at radius 3 is 2.20 bits per heavy atom. The zero-order valence-corrected chi connectivity index (χ0v) is 17.8. The minimum Gasteiger partial charge on any atom is -0.383 e. The summed E-state index contributed by atoms with van der Waals surface area (Å²) in [6.07, 6.45) is 6.10. The largest absolute Gasteiger partial charge is 0.383 e. The summed E-state index contributed by atoms with van der Waals surface area (Å²) in [5.41, 5.74) is 5.93. The van der Waals surface area contributed by atoms with Crippen LogP contribution in [0.2, 0.25) is 0 Å². The number of rotatable bonds is 6. The minimum absolute atomic E-state index is 0. The van der Waals surface area contributed by atoms with Gasteiger partial charge in [0, 0.05) is 19.2 Å². The minimum atomic E-state index is -0.574. The fourth-order valence-electron chi connectivity index (χ4n) is 3.65. The Morgan fingerprint density at radius 1 is 1.12 bits per heavy atom. The zero-order valence-electron chi connectivity index (χ0n) is 15.4. The predicted molar refractivity (Wildman–Crippen MR) is 109 cm³/mol. The van der Waals surface area contributed by atoms with E-state index < -0.39 is 6.04 Å². The van der Waals surface area contributed by atoms with E-state index in [0.717, 1.165) is 39.0 Å². The van der Waals surface area contributed by atoms with Gasteiger partial charge in [0.05, 0.1) is 6.61 Å². The number of hydrogen-bond acceptors (Lipinski definition) is 5. The number of piperidine rings is 2. The van der Waals surface area contributed by atoms with Crippen LogP contribution >= 0.6 is 37.2 Å². The molecule has 0 aromatic rings. The van der Waals surface area contributed by atoms with Crippen molar-refractivity contribution < 1.29 is 9.53 Å². The third-order valence-corrected chi connectivity index (χ3v) is 5.22. The van der Waals surface area contributed by atoms with Crippen molar-refractivity contribution >= 4 is 43.1 Å². The second kappa shape index (κ2) is 13.4. The normalized spacial score (nSPS) is 21.9. The van der Waals surface area contributed by atoms with E-state index in [4.69, 9.17) is 10.5 Å².